The molecule has 1 fully saturated rings. The highest BCUT2D eigenvalue weighted by Crippen LogP contribution is 2.22. The molecule has 1 aromatic rings. The van der Waals surface area contributed by atoms with E-state index in [2.05, 4.69) is 10.0 Å². The Morgan fingerprint density at radius 2 is 2.21 bits per heavy atom. The van der Waals surface area contributed by atoms with Crippen LogP contribution in [0.4, 0.5) is 0 Å². The third-order valence-corrected chi connectivity index (χ3v) is 4.81. The lowest BCUT2D eigenvalue weighted by Crippen LogP contribution is -2.30. The van der Waals surface area contributed by atoms with Gasteiger partial charge in [-0.05, 0) is 37.9 Å². The predicted octanol–water partition coefficient (Wildman–Crippen LogP) is 1.12. The maximum atomic E-state index is 12.2. The van der Waals surface area contributed by atoms with E-state index in [-0.39, 0.29) is 4.90 Å². The van der Waals surface area contributed by atoms with Gasteiger partial charge in [0.2, 0.25) is 10.0 Å². The van der Waals surface area contributed by atoms with Crippen molar-refractivity contribution in [2.45, 2.75) is 30.2 Å². The lowest BCUT2D eigenvalue weighted by atomic mass is 10.2. The maximum Gasteiger partial charge on any atom is 0.244 e. The summed E-state index contributed by atoms with van der Waals surface area (Å²) >= 11 is 0. The molecule has 6 heteroatoms. The van der Waals surface area contributed by atoms with Gasteiger partial charge in [-0.15, -0.1) is 0 Å². The average Bonchev–Trinajstić information content (AvgIpc) is 2.91. The minimum absolute atomic E-state index is 0.192. The van der Waals surface area contributed by atoms with E-state index in [1.807, 2.05) is 0 Å². The van der Waals surface area contributed by atoms with E-state index in [4.69, 9.17) is 4.74 Å². The van der Waals surface area contributed by atoms with E-state index in [0.717, 1.165) is 19.4 Å². The minimum atomic E-state index is -3.50. The van der Waals surface area contributed by atoms with Crippen LogP contribution in [0, 0.1) is 0 Å². The molecule has 1 aromatic carbocycles. The number of hydrogen-bond acceptors (Lipinski definition) is 4. The number of hydrogen-bond donors (Lipinski definition) is 2. The first-order valence-corrected chi connectivity index (χ1v) is 7.98. The summed E-state index contributed by atoms with van der Waals surface area (Å²) in [6.07, 6.45) is 3.11. The van der Waals surface area contributed by atoms with Gasteiger partial charge in [-0.2, -0.15) is 0 Å². The van der Waals surface area contributed by atoms with Gasteiger partial charge in [0.25, 0.3) is 0 Å². The molecule has 1 saturated heterocycles. The average molecular weight is 284 g/mol. The SMILES string of the molecule is COc1ccccc1S(=O)(=O)NCCC1CCCN1. The van der Waals surface area contributed by atoms with Gasteiger partial charge < -0.3 is 10.1 Å². The van der Waals surface area contributed by atoms with E-state index in [0.29, 0.717) is 18.3 Å². The van der Waals surface area contributed by atoms with Crippen LogP contribution in [0.25, 0.3) is 0 Å². The Kier molecular flexibility index (Phi) is 4.79. The van der Waals surface area contributed by atoms with E-state index in [1.165, 1.54) is 13.5 Å². The van der Waals surface area contributed by atoms with Gasteiger partial charge in [-0.1, -0.05) is 12.1 Å². The van der Waals surface area contributed by atoms with Crippen LogP contribution in [0.5, 0.6) is 5.75 Å². The number of ether oxygens (including phenoxy) is 1. The summed E-state index contributed by atoms with van der Waals surface area (Å²) in [5, 5.41) is 3.35. The highest BCUT2D eigenvalue weighted by atomic mass is 32.2. The van der Waals surface area contributed by atoms with Gasteiger partial charge in [0, 0.05) is 12.6 Å². The Balaban J connectivity index is 1.97. The van der Waals surface area contributed by atoms with Crippen LogP contribution in [0.2, 0.25) is 0 Å². The predicted molar refractivity (Wildman–Crippen MR) is 73.8 cm³/mol. The van der Waals surface area contributed by atoms with Crippen molar-refractivity contribution >= 4 is 10.0 Å². The molecular formula is C13H20N2O3S. The van der Waals surface area contributed by atoms with Crippen LogP contribution < -0.4 is 14.8 Å². The van der Waals surface area contributed by atoms with Crippen molar-refractivity contribution < 1.29 is 13.2 Å². The summed E-state index contributed by atoms with van der Waals surface area (Å²) in [6.45, 7) is 1.47. The molecule has 1 aliphatic rings. The van der Waals surface area contributed by atoms with Crippen LogP contribution in [-0.2, 0) is 10.0 Å². The normalized spacial score (nSPS) is 19.5. The van der Waals surface area contributed by atoms with Crippen LogP contribution in [-0.4, -0.2) is 34.7 Å². The molecule has 0 aromatic heterocycles. The van der Waals surface area contributed by atoms with E-state index in [1.54, 1.807) is 24.3 Å². The fourth-order valence-corrected chi connectivity index (χ4v) is 3.51. The zero-order valence-corrected chi connectivity index (χ0v) is 11.9. The Bertz CT molecular complexity index is 510. The first-order valence-electron chi connectivity index (χ1n) is 6.49. The zero-order valence-electron chi connectivity index (χ0n) is 11.1. The van der Waals surface area contributed by atoms with Gasteiger partial charge in [0.15, 0.2) is 0 Å². The standard InChI is InChI=1S/C13H20N2O3S/c1-18-12-6-2-3-7-13(12)19(16,17)15-10-8-11-5-4-9-14-11/h2-3,6-7,11,14-15H,4-5,8-10H2,1H3. The van der Waals surface area contributed by atoms with Crippen LogP contribution in [0.3, 0.4) is 0 Å². The largest absolute Gasteiger partial charge is 0.495 e. The summed E-state index contributed by atoms with van der Waals surface area (Å²) in [5.74, 6) is 0.369. The van der Waals surface area contributed by atoms with Crippen molar-refractivity contribution in [3.8, 4) is 5.75 Å². The van der Waals surface area contributed by atoms with E-state index >= 15 is 0 Å². The zero-order chi connectivity index (χ0) is 13.7. The smallest absolute Gasteiger partial charge is 0.244 e. The maximum absolute atomic E-state index is 12.2. The van der Waals surface area contributed by atoms with Crippen molar-refractivity contribution in [3.05, 3.63) is 24.3 Å². The first-order chi connectivity index (χ1) is 9.13. The summed E-state index contributed by atoms with van der Waals surface area (Å²) < 4.78 is 32.1. The lowest BCUT2D eigenvalue weighted by molar-refractivity contribution is 0.402. The molecular weight excluding hydrogens is 264 g/mol. The molecule has 0 saturated carbocycles. The number of sulfonamides is 1. The van der Waals surface area contributed by atoms with Crippen LogP contribution in [0.1, 0.15) is 19.3 Å². The van der Waals surface area contributed by atoms with Gasteiger partial charge >= 0.3 is 0 Å². The van der Waals surface area contributed by atoms with Gasteiger partial charge in [0.05, 0.1) is 7.11 Å². The van der Waals surface area contributed by atoms with E-state index < -0.39 is 10.0 Å². The Morgan fingerprint density at radius 3 is 2.89 bits per heavy atom. The van der Waals surface area contributed by atoms with Crippen molar-refractivity contribution in [2.75, 3.05) is 20.2 Å². The van der Waals surface area contributed by atoms with Gasteiger partial charge in [-0.25, -0.2) is 13.1 Å². The van der Waals surface area contributed by atoms with Gasteiger partial charge in [-0.3, -0.25) is 0 Å². The number of para-hydroxylation sites is 1. The molecule has 5 nitrogen and oxygen atoms in total. The second kappa shape index (κ2) is 6.36. The second-order valence-corrected chi connectivity index (χ2v) is 6.37. The first kappa shape index (κ1) is 14.3. The molecule has 0 radical (unpaired) electrons. The molecule has 19 heavy (non-hydrogen) atoms. The van der Waals surface area contributed by atoms with Crippen molar-refractivity contribution in [2.24, 2.45) is 0 Å². The fraction of sp³-hybridized carbons (Fsp3) is 0.538. The van der Waals surface area contributed by atoms with Crippen LogP contribution in [0.15, 0.2) is 29.2 Å². The quantitative estimate of drug-likeness (QED) is 0.821. The monoisotopic (exact) mass is 284 g/mol. The fourth-order valence-electron chi connectivity index (χ4n) is 2.29. The molecule has 0 spiro atoms. The Labute approximate surface area is 114 Å². The number of methoxy groups -OCH3 is 1. The molecule has 0 aliphatic carbocycles. The topological polar surface area (TPSA) is 67.4 Å². The summed E-state index contributed by atoms with van der Waals surface area (Å²) in [6, 6.07) is 7.07. The third kappa shape index (κ3) is 3.68. The highest BCUT2D eigenvalue weighted by Gasteiger charge is 2.20. The molecule has 1 heterocycles. The number of rotatable bonds is 6. The van der Waals surface area contributed by atoms with E-state index in [9.17, 15) is 8.42 Å². The second-order valence-electron chi connectivity index (χ2n) is 4.63. The molecule has 1 atom stereocenters. The highest BCUT2D eigenvalue weighted by molar-refractivity contribution is 7.89. The van der Waals surface area contributed by atoms with Crippen molar-refractivity contribution in [1.29, 1.82) is 0 Å². The van der Waals surface area contributed by atoms with Gasteiger partial charge in [0.1, 0.15) is 10.6 Å². The lowest BCUT2D eigenvalue weighted by Gasteiger charge is -2.12. The Morgan fingerprint density at radius 1 is 1.42 bits per heavy atom. The molecule has 2 N–H and O–H groups in total. The molecule has 2 rings (SSSR count). The minimum Gasteiger partial charge on any atom is -0.495 e. The summed E-state index contributed by atoms with van der Waals surface area (Å²) in [5.41, 5.74) is 0. The number of nitrogens with one attached hydrogen (secondary N) is 2. The van der Waals surface area contributed by atoms with Crippen LogP contribution >= 0.6 is 0 Å². The molecule has 106 valence electrons. The molecule has 0 bridgehead atoms. The van der Waals surface area contributed by atoms with Crippen molar-refractivity contribution in [1.82, 2.24) is 10.0 Å². The third-order valence-electron chi connectivity index (χ3n) is 3.31. The molecule has 1 unspecified atom stereocenters. The van der Waals surface area contributed by atoms with Crippen molar-refractivity contribution in [3.63, 3.8) is 0 Å². The summed E-state index contributed by atoms with van der Waals surface area (Å²) in [7, 11) is -2.03. The summed E-state index contributed by atoms with van der Waals surface area (Å²) in [4.78, 5) is 0.192. The molecule has 0 amide bonds. The Hall–Kier alpha value is -1.11. The molecule has 1 aliphatic heterocycles. The number of benzene rings is 1.